The van der Waals surface area contributed by atoms with Crippen LogP contribution in [0.3, 0.4) is 0 Å². The van der Waals surface area contributed by atoms with Gasteiger partial charge in [0.2, 0.25) is 0 Å². The van der Waals surface area contributed by atoms with Crippen molar-refractivity contribution in [2.45, 2.75) is 51.4 Å². The summed E-state index contributed by atoms with van der Waals surface area (Å²) in [5, 5.41) is 23.0. The largest absolute Gasteiger partial charge is 0.494 e. The van der Waals surface area contributed by atoms with Crippen molar-refractivity contribution in [3.63, 3.8) is 0 Å². The van der Waals surface area contributed by atoms with Gasteiger partial charge in [-0.2, -0.15) is 0 Å². The lowest BCUT2D eigenvalue weighted by Gasteiger charge is -2.36. The van der Waals surface area contributed by atoms with E-state index in [4.69, 9.17) is 9.47 Å². The molecule has 11 nitrogen and oxygen atoms in total. The number of nitrogens with one attached hydrogen (secondary N) is 2. The Morgan fingerprint density at radius 3 is 2.69 bits per heavy atom. The molecule has 12 heteroatoms. The number of methoxy groups -OCH3 is 1. The first-order chi connectivity index (χ1) is 18.7. The summed E-state index contributed by atoms with van der Waals surface area (Å²) in [6, 6.07) is 2.21. The second-order valence-electron chi connectivity index (χ2n) is 10.2. The maximum Gasteiger partial charge on any atom is 0.255 e. The number of benzene rings is 1. The molecule has 5 rings (SSSR count). The molecule has 2 aliphatic rings. The second kappa shape index (κ2) is 10.8. The van der Waals surface area contributed by atoms with Crippen molar-refractivity contribution < 1.29 is 33.7 Å². The summed E-state index contributed by atoms with van der Waals surface area (Å²) in [5.41, 5.74) is 2.59. The van der Waals surface area contributed by atoms with Gasteiger partial charge in [0, 0.05) is 30.4 Å². The number of halogens is 1. The quantitative estimate of drug-likeness (QED) is 0.338. The zero-order valence-electron chi connectivity index (χ0n) is 22.0. The summed E-state index contributed by atoms with van der Waals surface area (Å²) in [5.74, 6) is -0.659. The number of β-amino-alcohol motifs (C(OH)–C–C–N with tert-alkyl or cyclic N) is 1. The van der Waals surface area contributed by atoms with Crippen molar-refractivity contribution in [1.29, 1.82) is 0 Å². The number of amides is 2. The number of aromatic amines is 1. The van der Waals surface area contributed by atoms with Crippen LogP contribution in [0.4, 0.5) is 4.39 Å². The third-order valence-electron chi connectivity index (χ3n) is 7.25. The van der Waals surface area contributed by atoms with E-state index in [2.05, 4.69) is 20.3 Å². The molecule has 2 amide bonds. The van der Waals surface area contributed by atoms with Crippen molar-refractivity contribution in [3.8, 4) is 22.8 Å². The minimum Gasteiger partial charge on any atom is -0.494 e. The van der Waals surface area contributed by atoms with Crippen LogP contribution in [-0.4, -0.2) is 86.9 Å². The molecule has 3 aromatic rings. The fourth-order valence-electron chi connectivity index (χ4n) is 4.90. The molecule has 0 spiro atoms. The number of aryl methyl sites for hydroxylation is 1. The summed E-state index contributed by atoms with van der Waals surface area (Å²) in [6.07, 6.45) is 1.64. The molecule has 1 aliphatic heterocycles. The molecule has 208 valence electrons. The van der Waals surface area contributed by atoms with Gasteiger partial charge in [0.15, 0.2) is 11.6 Å². The molecule has 1 saturated heterocycles. The van der Waals surface area contributed by atoms with E-state index in [0.717, 1.165) is 12.8 Å². The topological polar surface area (TPSA) is 150 Å². The molecule has 0 radical (unpaired) electrons. The highest BCUT2D eigenvalue weighted by Crippen LogP contribution is 2.39. The summed E-state index contributed by atoms with van der Waals surface area (Å²) >= 11 is 0. The van der Waals surface area contributed by atoms with E-state index in [-0.39, 0.29) is 17.9 Å². The Kier molecular flexibility index (Phi) is 7.41. The molecule has 4 N–H and O–H groups in total. The summed E-state index contributed by atoms with van der Waals surface area (Å²) < 4.78 is 25.7. The minimum atomic E-state index is -1.16. The fourth-order valence-corrected chi connectivity index (χ4v) is 4.90. The van der Waals surface area contributed by atoms with Gasteiger partial charge < -0.3 is 34.9 Å². The highest BCUT2D eigenvalue weighted by molar-refractivity contribution is 6.09. The number of aromatic nitrogens is 3. The number of H-pyrrole nitrogens is 1. The van der Waals surface area contributed by atoms with Crippen molar-refractivity contribution in [1.82, 2.24) is 25.2 Å². The Morgan fingerprint density at radius 2 is 2.03 bits per heavy atom. The molecular weight excluding hydrogens is 509 g/mol. The normalized spacial score (nSPS) is 20.1. The molecule has 0 unspecified atom stereocenters. The summed E-state index contributed by atoms with van der Waals surface area (Å²) in [7, 11) is 1.38. The van der Waals surface area contributed by atoms with E-state index >= 15 is 0 Å². The van der Waals surface area contributed by atoms with Gasteiger partial charge in [0.05, 0.1) is 36.9 Å². The van der Waals surface area contributed by atoms with Crippen LogP contribution in [0.15, 0.2) is 18.5 Å². The first-order valence-corrected chi connectivity index (χ1v) is 13.0. The van der Waals surface area contributed by atoms with Gasteiger partial charge in [0.25, 0.3) is 11.8 Å². The van der Waals surface area contributed by atoms with Crippen molar-refractivity contribution in [2.75, 3.05) is 26.8 Å². The molecule has 0 bridgehead atoms. The van der Waals surface area contributed by atoms with Gasteiger partial charge in [-0.1, -0.05) is 0 Å². The maximum absolute atomic E-state index is 14.6. The van der Waals surface area contributed by atoms with Crippen LogP contribution in [0, 0.1) is 18.7 Å². The molecule has 39 heavy (non-hydrogen) atoms. The average Bonchev–Trinajstić information content (AvgIpc) is 3.67. The van der Waals surface area contributed by atoms with Crippen molar-refractivity contribution in [3.05, 3.63) is 35.5 Å². The number of likely N-dealkylation sites (tertiary alicyclic amines) is 1. The molecule has 1 aromatic carbocycles. The van der Waals surface area contributed by atoms with Gasteiger partial charge in [-0.3, -0.25) is 9.59 Å². The monoisotopic (exact) mass is 541 g/mol. The van der Waals surface area contributed by atoms with E-state index in [0.29, 0.717) is 59.2 Å². The lowest BCUT2D eigenvalue weighted by atomic mass is 10.0. The zero-order valence-corrected chi connectivity index (χ0v) is 22.0. The van der Waals surface area contributed by atoms with E-state index in [9.17, 15) is 24.2 Å². The van der Waals surface area contributed by atoms with Gasteiger partial charge in [-0.25, -0.2) is 14.4 Å². The Labute approximate surface area is 224 Å². The number of hydrogen-bond donors (Lipinski definition) is 4. The summed E-state index contributed by atoms with van der Waals surface area (Å²) in [4.78, 5) is 38.9. The average molecular weight is 542 g/mol. The van der Waals surface area contributed by atoms with Crippen molar-refractivity contribution in [2.24, 2.45) is 5.92 Å². The molecule has 1 saturated carbocycles. The number of carbonyl (C=O) groups excluding carboxylic acids is 2. The van der Waals surface area contributed by atoms with E-state index in [1.54, 1.807) is 6.92 Å². The van der Waals surface area contributed by atoms with Crippen molar-refractivity contribution >= 4 is 22.8 Å². The highest BCUT2D eigenvalue weighted by Gasteiger charge is 2.33. The number of carbonyl (C=O) groups is 2. The Hall–Kier alpha value is -3.77. The highest BCUT2D eigenvalue weighted by atomic mass is 19.1. The molecule has 3 atom stereocenters. The standard InChI is InChI=1S/C27H32FN5O6/c1-13-22(26(36)32-18-6-7-33(10-19(18)35)27(37)14(2)34)24-25(31-13)23(29-12-30-24)16-8-21(38-3)17(28)9-20(16)39-11-15-4-5-15/h8-9,12,14-15,18-19,31,34-35H,4-7,10-11H2,1-3H3,(H,32,36)/t14-,18-,19-/m0/s1. The fraction of sp³-hybridized carbons (Fsp3) is 0.481. The Bertz CT molecular complexity index is 1410. The van der Waals surface area contributed by atoms with Crippen LogP contribution in [-0.2, 0) is 4.79 Å². The second-order valence-corrected chi connectivity index (χ2v) is 10.2. The number of aliphatic hydroxyl groups is 2. The first-order valence-electron chi connectivity index (χ1n) is 13.0. The van der Waals surface area contributed by atoms with Crippen LogP contribution >= 0.6 is 0 Å². The third kappa shape index (κ3) is 5.39. The lowest BCUT2D eigenvalue weighted by molar-refractivity contribution is -0.142. The van der Waals surface area contributed by atoms with Crippen LogP contribution in [0.5, 0.6) is 11.5 Å². The number of nitrogens with zero attached hydrogens (tertiary/aromatic N) is 3. The number of fused-ring (bicyclic) bond motifs is 1. The van der Waals surface area contributed by atoms with E-state index < -0.39 is 35.9 Å². The Balaban J connectivity index is 1.44. The molecular formula is C27H32FN5O6. The molecule has 3 heterocycles. The SMILES string of the molecule is COc1cc(-c2ncnc3c(C(=O)N[C@H]4CCN(C(=O)[C@H](C)O)C[C@@H]4O)c(C)[nH]c23)c(OCC2CC2)cc1F. The smallest absolute Gasteiger partial charge is 0.255 e. The minimum absolute atomic E-state index is 0.00387. The predicted octanol–water partition coefficient (Wildman–Crippen LogP) is 1.94. The number of rotatable bonds is 8. The van der Waals surface area contributed by atoms with Crippen LogP contribution in [0.1, 0.15) is 42.2 Å². The number of piperidine rings is 1. The Morgan fingerprint density at radius 1 is 1.26 bits per heavy atom. The van der Waals surface area contributed by atoms with Gasteiger partial charge >= 0.3 is 0 Å². The molecule has 1 aliphatic carbocycles. The molecule has 2 aromatic heterocycles. The van der Waals surface area contributed by atoms with E-state index in [1.807, 2.05) is 0 Å². The maximum atomic E-state index is 14.6. The first kappa shape index (κ1) is 26.8. The van der Waals surface area contributed by atoms with Crippen LogP contribution < -0.4 is 14.8 Å². The third-order valence-corrected chi connectivity index (χ3v) is 7.25. The van der Waals surface area contributed by atoms with E-state index in [1.165, 1.54) is 37.4 Å². The van der Waals surface area contributed by atoms with Gasteiger partial charge in [-0.15, -0.1) is 0 Å². The number of hydrogen-bond acceptors (Lipinski definition) is 8. The number of aliphatic hydroxyl groups excluding tert-OH is 2. The van der Waals surface area contributed by atoms with Crippen LogP contribution in [0.2, 0.25) is 0 Å². The molecule has 2 fully saturated rings. The van der Waals surface area contributed by atoms with Gasteiger partial charge in [-0.05, 0) is 45.1 Å². The van der Waals surface area contributed by atoms with Crippen LogP contribution in [0.25, 0.3) is 22.3 Å². The lowest BCUT2D eigenvalue weighted by Crippen LogP contribution is -2.56. The number of ether oxygens (including phenoxy) is 2. The zero-order chi connectivity index (χ0) is 27.8. The summed E-state index contributed by atoms with van der Waals surface area (Å²) in [6.45, 7) is 3.87. The predicted molar refractivity (Wildman–Crippen MR) is 139 cm³/mol. The van der Waals surface area contributed by atoms with Gasteiger partial charge in [0.1, 0.15) is 29.4 Å².